The van der Waals surface area contributed by atoms with Gasteiger partial charge < -0.3 is 19.2 Å². The molecule has 0 bridgehead atoms. The molecule has 1 heterocycles. The number of esters is 1. The summed E-state index contributed by atoms with van der Waals surface area (Å²) < 4.78 is 16.2. The van der Waals surface area contributed by atoms with Gasteiger partial charge in [0.25, 0.3) is 0 Å². The fourth-order valence-corrected chi connectivity index (χ4v) is 2.97. The summed E-state index contributed by atoms with van der Waals surface area (Å²) in [6, 6.07) is 3.88. The first-order valence-corrected chi connectivity index (χ1v) is 9.62. The Morgan fingerprint density at radius 1 is 1.14 bits per heavy atom. The molecule has 1 atom stereocenters. The Balaban J connectivity index is 2.33. The third-order valence-electron chi connectivity index (χ3n) is 4.04. The summed E-state index contributed by atoms with van der Waals surface area (Å²) in [6.07, 6.45) is -0.299. The van der Waals surface area contributed by atoms with Crippen molar-refractivity contribution in [3.63, 3.8) is 0 Å². The molecule has 0 aliphatic carbocycles. The molecule has 0 aliphatic heterocycles. The van der Waals surface area contributed by atoms with E-state index in [-0.39, 0.29) is 11.7 Å². The van der Waals surface area contributed by atoms with E-state index in [0.29, 0.717) is 23.0 Å². The van der Waals surface area contributed by atoms with E-state index in [2.05, 4.69) is 5.32 Å². The maximum atomic E-state index is 12.9. The number of hydrogen-bond donors (Lipinski definition) is 1. The maximum absolute atomic E-state index is 12.9. The van der Waals surface area contributed by atoms with Crippen LogP contribution in [0.1, 0.15) is 52.2 Å². The average Bonchev–Trinajstić information content (AvgIpc) is 2.50. The van der Waals surface area contributed by atoms with Gasteiger partial charge in [0.15, 0.2) is 0 Å². The number of carbonyl (C=O) groups excluding carboxylic acids is 2. The van der Waals surface area contributed by atoms with Crippen molar-refractivity contribution in [3.8, 4) is 5.75 Å². The lowest BCUT2D eigenvalue weighted by atomic mass is 10.0. The van der Waals surface area contributed by atoms with Crippen molar-refractivity contribution < 1.29 is 23.5 Å². The molecule has 0 aliphatic rings. The van der Waals surface area contributed by atoms with E-state index in [4.69, 9.17) is 13.9 Å². The number of rotatable bonds is 5. The molecule has 0 unspecified atom stereocenters. The van der Waals surface area contributed by atoms with Crippen LogP contribution in [0.4, 0.5) is 4.79 Å². The molecule has 1 N–H and O–H groups in total. The van der Waals surface area contributed by atoms with Gasteiger partial charge in [-0.05, 0) is 70.2 Å². The number of benzene rings is 1. The van der Waals surface area contributed by atoms with Crippen LogP contribution in [-0.2, 0) is 9.53 Å². The summed E-state index contributed by atoms with van der Waals surface area (Å²) in [6.45, 7) is 12.7. The Labute approximate surface area is 170 Å². The summed E-state index contributed by atoms with van der Waals surface area (Å²) in [5, 5.41) is 3.15. The van der Waals surface area contributed by atoms with E-state index >= 15 is 0 Å². The van der Waals surface area contributed by atoms with Crippen molar-refractivity contribution in [1.29, 1.82) is 0 Å². The minimum absolute atomic E-state index is 0.136. The molecule has 1 amide bonds. The number of alkyl carbamates (subject to hydrolysis) is 1. The lowest BCUT2D eigenvalue weighted by molar-refractivity contribution is -0.137. The zero-order chi connectivity index (χ0) is 21.9. The van der Waals surface area contributed by atoms with Gasteiger partial charge in [-0.3, -0.25) is 0 Å². The predicted octanol–water partition coefficient (Wildman–Crippen LogP) is 4.25. The molecule has 29 heavy (non-hydrogen) atoms. The molecular weight excluding hydrogens is 374 g/mol. The van der Waals surface area contributed by atoms with Gasteiger partial charge in [0.2, 0.25) is 0 Å². The molecule has 2 rings (SSSR count). The van der Waals surface area contributed by atoms with Gasteiger partial charge in [-0.2, -0.15) is 0 Å². The second-order valence-electron chi connectivity index (χ2n) is 8.63. The monoisotopic (exact) mass is 403 g/mol. The molecule has 7 nitrogen and oxygen atoms in total. The minimum atomic E-state index is -0.878. The third kappa shape index (κ3) is 6.34. The number of amides is 1. The standard InChI is InChI=1S/C22H29NO6/c1-12(2)8-15(23-21(26)29-22(5,6)7)20(25)28-17-10-13(3)9-16-19(17)14(4)11-18(24)27-16/h9-12,15H,8H2,1-7H3,(H,23,26)/t15-/m0/s1. The van der Waals surface area contributed by atoms with Crippen LogP contribution in [0.5, 0.6) is 5.75 Å². The molecule has 1 aromatic carbocycles. The van der Waals surface area contributed by atoms with Crippen LogP contribution < -0.4 is 15.7 Å². The van der Waals surface area contributed by atoms with Crippen LogP contribution in [0.15, 0.2) is 27.4 Å². The predicted molar refractivity (Wildman–Crippen MR) is 110 cm³/mol. The van der Waals surface area contributed by atoms with Gasteiger partial charge >= 0.3 is 17.7 Å². The highest BCUT2D eigenvalue weighted by molar-refractivity contribution is 5.91. The van der Waals surface area contributed by atoms with E-state index in [1.807, 2.05) is 20.8 Å². The van der Waals surface area contributed by atoms with Gasteiger partial charge in [-0.1, -0.05) is 13.8 Å². The van der Waals surface area contributed by atoms with Gasteiger partial charge in [0.1, 0.15) is 23.0 Å². The molecule has 1 aromatic heterocycles. The van der Waals surface area contributed by atoms with Crippen LogP contribution in [0, 0.1) is 19.8 Å². The van der Waals surface area contributed by atoms with Crippen molar-refractivity contribution in [1.82, 2.24) is 5.32 Å². The summed E-state index contributed by atoms with van der Waals surface area (Å²) in [7, 11) is 0. The zero-order valence-corrected chi connectivity index (χ0v) is 18.0. The third-order valence-corrected chi connectivity index (χ3v) is 4.04. The number of fused-ring (bicyclic) bond motifs is 1. The average molecular weight is 403 g/mol. The first-order valence-electron chi connectivity index (χ1n) is 9.62. The molecule has 0 saturated carbocycles. The van der Waals surface area contributed by atoms with E-state index in [0.717, 1.165) is 5.56 Å². The second kappa shape index (κ2) is 8.68. The van der Waals surface area contributed by atoms with Crippen LogP contribution in [0.3, 0.4) is 0 Å². The maximum Gasteiger partial charge on any atom is 0.408 e. The lowest BCUT2D eigenvalue weighted by Crippen LogP contribution is -2.45. The fraction of sp³-hybridized carbons (Fsp3) is 0.500. The molecule has 0 radical (unpaired) electrons. The number of nitrogens with one attached hydrogen (secondary N) is 1. The first-order chi connectivity index (χ1) is 13.4. The van der Waals surface area contributed by atoms with Crippen LogP contribution >= 0.6 is 0 Å². The van der Waals surface area contributed by atoms with Crippen LogP contribution in [0.2, 0.25) is 0 Å². The Morgan fingerprint density at radius 3 is 2.38 bits per heavy atom. The van der Waals surface area contributed by atoms with Gasteiger partial charge in [0, 0.05) is 6.07 Å². The van der Waals surface area contributed by atoms with E-state index < -0.39 is 29.3 Å². The molecule has 158 valence electrons. The lowest BCUT2D eigenvalue weighted by Gasteiger charge is -2.24. The van der Waals surface area contributed by atoms with E-state index in [9.17, 15) is 14.4 Å². The summed E-state index contributed by atoms with van der Waals surface area (Å²) in [5.41, 5.74) is 0.604. The highest BCUT2D eigenvalue weighted by atomic mass is 16.6. The topological polar surface area (TPSA) is 94.8 Å². The van der Waals surface area contributed by atoms with E-state index in [1.165, 1.54) is 6.07 Å². The van der Waals surface area contributed by atoms with Gasteiger partial charge in [0.05, 0.1) is 5.39 Å². The highest BCUT2D eigenvalue weighted by Gasteiger charge is 2.27. The number of hydrogen-bond acceptors (Lipinski definition) is 6. The zero-order valence-electron chi connectivity index (χ0n) is 18.0. The van der Waals surface area contributed by atoms with Crippen molar-refractivity contribution in [3.05, 3.63) is 39.7 Å². The largest absolute Gasteiger partial charge is 0.444 e. The molecule has 0 fully saturated rings. The SMILES string of the molecule is Cc1cc(OC(=O)[C@H](CC(C)C)NC(=O)OC(C)(C)C)c2c(C)cc(=O)oc2c1. The van der Waals surface area contributed by atoms with Crippen LogP contribution in [-0.4, -0.2) is 23.7 Å². The van der Waals surface area contributed by atoms with E-state index in [1.54, 1.807) is 39.8 Å². The normalized spacial score (nSPS) is 12.7. The van der Waals surface area contributed by atoms with Crippen molar-refractivity contribution >= 4 is 23.0 Å². The van der Waals surface area contributed by atoms with Gasteiger partial charge in [-0.25, -0.2) is 14.4 Å². The quantitative estimate of drug-likeness (QED) is 0.455. The van der Waals surface area contributed by atoms with Crippen molar-refractivity contribution in [2.45, 2.75) is 66.5 Å². The smallest absolute Gasteiger partial charge is 0.408 e. The molecule has 0 spiro atoms. The van der Waals surface area contributed by atoms with Crippen molar-refractivity contribution in [2.24, 2.45) is 5.92 Å². The van der Waals surface area contributed by atoms with Gasteiger partial charge in [-0.15, -0.1) is 0 Å². The summed E-state index contributed by atoms with van der Waals surface area (Å²) in [5.74, 6) is -0.190. The second-order valence-corrected chi connectivity index (χ2v) is 8.63. The molecule has 7 heteroatoms. The highest BCUT2D eigenvalue weighted by Crippen LogP contribution is 2.30. The minimum Gasteiger partial charge on any atom is -0.444 e. The molecule has 0 saturated heterocycles. The number of ether oxygens (including phenoxy) is 2. The Hall–Kier alpha value is -2.83. The Bertz CT molecular complexity index is 968. The number of aryl methyl sites for hydroxylation is 2. The summed E-state index contributed by atoms with van der Waals surface area (Å²) >= 11 is 0. The molecule has 2 aromatic rings. The first kappa shape index (κ1) is 22.5. The fourth-order valence-electron chi connectivity index (χ4n) is 2.97. The van der Waals surface area contributed by atoms with Crippen LogP contribution in [0.25, 0.3) is 11.0 Å². The Kier molecular flexibility index (Phi) is 6.72. The van der Waals surface area contributed by atoms with Crippen molar-refractivity contribution in [2.75, 3.05) is 0 Å². The number of carbonyl (C=O) groups is 2. The Morgan fingerprint density at radius 2 is 1.79 bits per heavy atom. The molecular formula is C22H29NO6. The summed E-state index contributed by atoms with van der Waals surface area (Å²) in [4.78, 5) is 36.8.